The fourth-order valence-corrected chi connectivity index (χ4v) is 7.96. The van der Waals surface area contributed by atoms with Crippen molar-refractivity contribution in [1.82, 2.24) is 9.80 Å². The topological polar surface area (TPSA) is 65.3 Å². The number of hydrogen-bond donors (Lipinski definition) is 0. The average Bonchev–Trinajstić information content (AvgIpc) is 3.89. The zero-order chi connectivity index (χ0) is 37.8. The summed E-state index contributed by atoms with van der Waals surface area (Å²) in [5.74, 6) is 0.827. The molecule has 2 heterocycles. The van der Waals surface area contributed by atoms with E-state index in [0.29, 0.717) is 22.8 Å². The minimum absolute atomic E-state index is 0.144. The second-order valence-electron chi connectivity index (χ2n) is 14.0. The van der Waals surface area contributed by atoms with Crippen molar-refractivity contribution >= 4 is 23.5 Å². The Morgan fingerprint density at radius 3 is 1.00 bits per heavy atom. The number of aliphatic imine (C=N–C) groups is 2. The predicted molar refractivity (Wildman–Crippen MR) is 221 cm³/mol. The highest BCUT2D eigenvalue weighted by molar-refractivity contribution is 6.17. The van der Waals surface area contributed by atoms with Gasteiger partial charge in [0, 0.05) is 22.3 Å². The van der Waals surface area contributed by atoms with Crippen LogP contribution in [-0.4, -0.2) is 33.3 Å². The maximum absolute atomic E-state index is 14.8. The summed E-state index contributed by atoms with van der Waals surface area (Å²) in [6.07, 6.45) is 0. The lowest BCUT2D eigenvalue weighted by molar-refractivity contribution is 0.0797. The molecule has 0 saturated heterocycles. The van der Waals surface area contributed by atoms with E-state index in [9.17, 15) is 9.59 Å². The Balaban J connectivity index is 1.22. The number of rotatable bonds is 8. The number of amides is 2. The lowest BCUT2D eigenvalue weighted by Gasteiger charge is -2.30. The minimum Gasteiger partial charge on any atom is -0.282 e. The molecule has 7 aromatic carbocycles. The molecular weight excluding hydrogens is 689 g/mol. The molecule has 9 rings (SSSR count). The van der Waals surface area contributed by atoms with E-state index in [1.165, 1.54) is 0 Å². The predicted octanol–water partition coefficient (Wildman–Crippen LogP) is 10.5. The molecule has 0 N–H and O–H groups in total. The van der Waals surface area contributed by atoms with Gasteiger partial charge < -0.3 is 0 Å². The van der Waals surface area contributed by atoms with Crippen LogP contribution in [0.5, 0.6) is 0 Å². The van der Waals surface area contributed by atoms with Crippen LogP contribution in [0.1, 0.15) is 78.3 Å². The quantitative estimate of drug-likeness (QED) is 0.157. The van der Waals surface area contributed by atoms with Crippen LogP contribution in [0.2, 0.25) is 0 Å². The molecule has 0 spiro atoms. The van der Waals surface area contributed by atoms with Gasteiger partial charge in [0.25, 0.3) is 11.8 Å². The molecule has 0 bridgehead atoms. The van der Waals surface area contributed by atoms with Gasteiger partial charge in [-0.25, -0.2) is 0 Å². The van der Waals surface area contributed by atoms with Crippen molar-refractivity contribution in [2.45, 2.75) is 24.2 Å². The molecule has 270 valence electrons. The normalized spacial score (nSPS) is 19.0. The Bertz CT molecular complexity index is 2350. The molecule has 0 aliphatic carbocycles. The number of carbonyl (C=O) groups is 2. The maximum atomic E-state index is 14.8. The molecule has 56 heavy (non-hydrogen) atoms. The van der Waals surface area contributed by atoms with Gasteiger partial charge in [0.05, 0.1) is 12.1 Å². The summed E-state index contributed by atoms with van der Waals surface area (Å²) in [5, 5.41) is 0. The van der Waals surface area contributed by atoms with Crippen molar-refractivity contribution < 1.29 is 9.59 Å². The van der Waals surface area contributed by atoms with E-state index in [0.717, 1.165) is 33.4 Å². The van der Waals surface area contributed by atoms with Crippen LogP contribution in [0.4, 0.5) is 0 Å². The molecule has 2 aliphatic heterocycles. The van der Waals surface area contributed by atoms with Gasteiger partial charge in [-0.1, -0.05) is 176 Å². The first-order valence-corrected chi connectivity index (χ1v) is 18.9. The summed E-state index contributed by atoms with van der Waals surface area (Å²) < 4.78 is 0. The van der Waals surface area contributed by atoms with Crippen molar-refractivity contribution in [2.75, 3.05) is 0 Å². The Morgan fingerprint density at radius 1 is 0.357 bits per heavy atom. The van der Waals surface area contributed by atoms with Gasteiger partial charge in [-0.15, -0.1) is 0 Å². The average molecular weight is 727 g/mol. The number of benzene rings is 7. The van der Waals surface area contributed by atoms with Crippen molar-refractivity contribution in [2.24, 2.45) is 9.98 Å². The van der Waals surface area contributed by atoms with Gasteiger partial charge in [-0.05, 0) is 52.6 Å². The molecule has 0 aromatic heterocycles. The smallest absolute Gasteiger partial charge is 0.260 e. The molecule has 4 atom stereocenters. The summed E-state index contributed by atoms with van der Waals surface area (Å²) >= 11 is 0. The number of amidine groups is 2. The highest BCUT2D eigenvalue weighted by Crippen LogP contribution is 2.46. The van der Waals surface area contributed by atoms with Gasteiger partial charge >= 0.3 is 0 Å². The zero-order valence-corrected chi connectivity index (χ0v) is 30.5. The van der Waals surface area contributed by atoms with Crippen molar-refractivity contribution in [3.05, 3.63) is 251 Å². The number of hydrogen-bond acceptors (Lipinski definition) is 4. The summed E-state index contributed by atoms with van der Waals surface area (Å²) in [6.45, 7) is 0. The van der Waals surface area contributed by atoms with Crippen LogP contribution in [0.25, 0.3) is 0 Å². The molecule has 6 heteroatoms. The largest absolute Gasteiger partial charge is 0.282 e. The molecule has 6 nitrogen and oxygen atoms in total. The van der Waals surface area contributed by atoms with E-state index in [-0.39, 0.29) is 23.9 Å². The summed E-state index contributed by atoms with van der Waals surface area (Å²) in [4.78, 5) is 44.1. The second kappa shape index (κ2) is 15.3. The second-order valence-corrected chi connectivity index (χ2v) is 14.0. The monoisotopic (exact) mass is 726 g/mol. The van der Waals surface area contributed by atoms with Crippen LogP contribution in [-0.2, 0) is 0 Å². The Kier molecular flexibility index (Phi) is 9.44. The van der Waals surface area contributed by atoms with E-state index in [2.05, 4.69) is 48.5 Å². The van der Waals surface area contributed by atoms with E-state index in [1.807, 2.05) is 168 Å². The van der Waals surface area contributed by atoms with Gasteiger partial charge in [0.1, 0.15) is 23.8 Å². The lowest BCUT2D eigenvalue weighted by atomic mass is 9.93. The molecule has 0 saturated carbocycles. The van der Waals surface area contributed by atoms with Crippen molar-refractivity contribution in [3.8, 4) is 0 Å². The zero-order valence-electron chi connectivity index (χ0n) is 30.5. The maximum Gasteiger partial charge on any atom is 0.260 e. The van der Waals surface area contributed by atoms with E-state index < -0.39 is 12.1 Å². The van der Waals surface area contributed by atoms with Gasteiger partial charge in [0.2, 0.25) is 0 Å². The van der Waals surface area contributed by atoms with Crippen molar-refractivity contribution in [3.63, 3.8) is 0 Å². The third kappa shape index (κ3) is 6.52. The first-order valence-electron chi connectivity index (χ1n) is 18.9. The summed E-state index contributed by atoms with van der Waals surface area (Å²) in [5.41, 5.74) is 6.63. The first kappa shape index (κ1) is 34.6. The Morgan fingerprint density at radius 2 is 0.661 bits per heavy atom. The fraction of sp³-hybridized carbons (Fsp3) is 0.0800. The molecule has 7 aromatic rings. The Hall–Kier alpha value is -7.18. The van der Waals surface area contributed by atoms with Gasteiger partial charge in [-0.3, -0.25) is 29.4 Å². The van der Waals surface area contributed by atoms with Crippen LogP contribution >= 0.6 is 0 Å². The third-order valence-electron chi connectivity index (χ3n) is 10.6. The highest BCUT2D eigenvalue weighted by atomic mass is 16.2. The highest BCUT2D eigenvalue weighted by Gasteiger charge is 2.44. The molecule has 0 unspecified atom stereocenters. The van der Waals surface area contributed by atoms with Crippen molar-refractivity contribution in [1.29, 1.82) is 0 Å². The third-order valence-corrected chi connectivity index (χ3v) is 10.6. The van der Waals surface area contributed by atoms with E-state index >= 15 is 0 Å². The summed E-state index contributed by atoms with van der Waals surface area (Å²) in [6, 6.07) is 65.8. The van der Waals surface area contributed by atoms with E-state index in [4.69, 9.17) is 9.98 Å². The molecule has 2 amide bonds. The summed E-state index contributed by atoms with van der Waals surface area (Å²) in [7, 11) is 0. The number of nitrogens with zero attached hydrogens (tertiary/aromatic N) is 4. The van der Waals surface area contributed by atoms with Gasteiger partial charge in [-0.2, -0.15) is 0 Å². The molecule has 2 aliphatic rings. The SMILES string of the molecule is O=C(c1ccccc1)N1C(c2cccc(C3=N[C@H](c4ccccc4)[C@@H](c4ccccc4)N3C(=O)c3ccccc3)c2)=N[C@H](c2ccccc2)[C@H]1c1ccccc1. The van der Waals surface area contributed by atoms with E-state index in [1.54, 1.807) is 0 Å². The van der Waals surface area contributed by atoms with Crippen LogP contribution in [0, 0.1) is 0 Å². The number of carbonyl (C=O) groups excluding carboxylic acids is 2. The van der Waals surface area contributed by atoms with Crippen LogP contribution in [0.15, 0.2) is 216 Å². The standard InChI is InChI=1S/C50H38N4O2/c55-49(39-28-15-5-16-29-39)53-45(37-24-11-3-12-25-37)43(35-20-7-1-8-21-35)51-47(53)41-32-19-33-42(34-41)48-52-44(36-22-9-2-10-23-36)46(38-26-13-4-14-27-38)54(48)50(56)40-30-17-6-18-31-40/h1-34,43-46H/t43-,44-,45-,46-/m1/s1. The Labute approximate surface area is 326 Å². The van der Waals surface area contributed by atoms with Crippen LogP contribution < -0.4 is 0 Å². The molecular formula is C50H38N4O2. The molecule has 0 fully saturated rings. The van der Waals surface area contributed by atoms with Gasteiger partial charge in [0.15, 0.2) is 0 Å². The minimum atomic E-state index is -0.408. The first-order chi connectivity index (χ1) is 27.7. The lowest BCUT2D eigenvalue weighted by Crippen LogP contribution is -2.39. The van der Waals surface area contributed by atoms with Crippen LogP contribution in [0.3, 0.4) is 0 Å². The molecule has 0 radical (unpaired) electrons. The fourth-order valence-electron chi connectivity index (χ4n) is 7.96.